The summed E-state index contributed by atoms with van der Waals surface area (Å²) >= 11 is 0. The number of guanidine groups is 1. The number of rotatable bonds is 9. The fourth-order valence-corrected chi connectivity index (χ4v) is 2.15. The van der Waals surface area contributed by atoms with Gasteiger partial charge in [-0.05, 0) is 30.5 Å². The molecule has 1 heterocycles. The number of halogens is 2. The Hall–Kier alpha value is -1.57. The predicted octanol–water partition coefficient (Wildman–Crippen LogP) is 3.58. The predicted molar refractivity (Wildman–Crippen MR) is 107 cm³/mol. The van der Waals surface area contributed by atoms with Crippen LogP contribution in [0, 0.1) is 0 Å². The van der Waals surface area contributed by atoms with E-state index in [-0.39, 0.29) is 30.7 Å². The van der Waals surface area contributed by atoms with Crippen molar-refractivity contribution in [3.8, 4) is 0 Å². The molecule has 0 fully saturated rings. The van der Waals surface area contributed by atoms with Gasteiger partial charge in [-0.1, -0.05) is 30.3 Å². The van der Waals surface area contributed by atoms with E-state index in [2.05, 4.69) is 27.8 Å². The minimum absolute atomic E-state index is 0. The highest BCUT2D eigenvalue weighted by Crippen LogP contribution is 2.00. The fraction of sp³-hybridized carbons (Fsp3) is 0.389. The Morgan fingerprint density at radius 1 is 1.00 bits per heavy atom. The van der Waals surface area contributed by atoms with Crippen molar-refractivity contribution in [1.82, 2.24) is 10.6 Å². The molecule has 1 aromatic heterocycles. The van der Waals surface area contributed by atoms with Crippen molar-refractivity contribution in [2.75, 3.05) is 26.3 Å². The second-order valence-corrected chi connectivity index (χ2v) is 5.19. The molecule has 2 N–H and O–H groups in total. The molecule has 1 aromatic carbocycles. The van der Waals surface area contributed by atoms with Crippen molar-refractivity contribution in [2.45, 2.75) is 19.3 Å². The minimum Gasteiger partial charge on any atom is -0.469 e. The topological polar surface area (TPSA) is 49.6 Å². The molecular weight excluding hydrogens is 420 g/mol. The Labute approximate surface area is 160 Å². The van der Waals surface area contributed by atoms with Gasteiger partial charge in [0.2, 0.25) is 0 Å². The molecule has 0 bridgehead atoms. The van der Waals surface area contributed by atoms with Gasteiger partial charge in [0.1, 0.15) is 5.76 Å². The summed E-state index contributed by atoms with van der Waals surface area (Å²) in [4.78, 5) is 4.39. The van der Waals surface area contributed by atoms with Gasteiger partial charge in [-0.3, -0.25) is 9.38 Å². The van der Waals surface area contributed by atoms with Crippen LogP contribution in [0.3, 0.4) is 0 Å². The van der Waals surface area contributed by atoms with Crippen LogP contribution in [0.15, 0.2) is 58.1 Å². The zero-order chi connectivity index (χ0) is 16.2. The molecule has 0 spiro atoms. The van der Waals surface area contributed by atoms with E-state index < -0.39 is 0 Å². The molecule has 0 atom stereocenters. The van der Waals surface area contributed by atoms with Gasteiger partial charge in [0.05, 0.1) is 12.9 Å². The molecule has 0 aliphatic carbocycles. The molecule has 0 saturated carbocycles. The largest absolute Gasteiger partial charge is 0.469 e. The molecule has 0 saturated heterocycles. The van der Waals surface area contributed by atoms with E-state index in [0.29, 0.717) is 13.0 Å². The first-order valence-electron chi connectivity index (χ1n) is 8.03. The van der Waals surface area contributed by atoms with Crippen LogP contribution >= 0.6 is 24.0 Å². The quantitative estimate of drug-likeness (QED) is 0.269. The summed E-state index contributed by atoms with van der Waals surface area (Å²) in [5.41, 5.74) is 1.28. The number of aliphatic imine (C=N–C) groups is 1. The Morgan fingerprint density at radius 2 is 1.75 bits per heavy atom. The van der Waals surface area contributed by atoms with Crippen LogP contribution in [0.25, 0.3) is 0 Å². The van der Waals surface area contributed by atoms with Crippen molar-refractivity contribution >= 4 is 29.9 Å². The average Bonchev–Trinajstić information content (AvgIpc) is 3.09. The minimum atomic E-state index is -0.340. The number of nitrogens with zero attached hydrogens (tertiary/aromatic N) is 1. The highest BCUT2D eigenvalue weighted by molar-refractivity contribution is 14.0. The summed E-state index contributed by atoms with van der Waals surface area (Å²) in [5.74, 6) is 1.66. The van der Waals surface area contributed by atoms with E-state index in [1.54, 1.807) is 6.26 Å². The smallest absolute Gasteiger partial charge is 0.191 e. The van der Waals surface area contributed by atoms with Crippen LogP contribution in [-0.4, -0.2) is 32.3 Å². The lowest BCUT2D eigenvalue weighted by Gasteiger charge is -2.12. The Morgan fingerprint density at radius 3 is 2.42 bits per heavy atom. The molecule has 0 unspecified atom stereocenters. The SMILES string of the molecule is FCCCN=C(NCCc1ccccc1)NCCc1ccco1.I. The summed E-state index contributed by atoms with van der Waals surface area (Å²) in [6.07, 6.45) is 3.83. The van der Waals surface area contributed by atoms with E-state index in [4.69, 9.17) is 4.42 Å². The highest BCUT2D eigenvalue weighted by Gasteiger charge is 2.00. The van der Waals surface area contributed by atoms with Crippen LogP contribution in [-0.2, 0) is 12.8 Å². The molecule has 2 rings (SSSR count). The van der Waals surface area contributed by atoms with Gasteiger partial charge < -0.3 is 15.1 Å². The summed E-state index contributed by atoms with van der Waals surface area (Å²) < 4.78 is 17.5. The van der Waals surface area contributed by atoms with E-state index in [1.165, 1.54) is 5.56 Å². The van der Waals surface area contributed by atoms with E-state index in [0.717, 1.165) is 37.7 Å². The maximum atomic E-state index is 12.2. The molecule has 2 aromatic rings. The first kappa shape index (κ1) is 20.5. The standard InChI is InChI=1S/C18H24FN3O.HI/c19-11-5-12-20-18(22-14-10-17-8-4-15-23-17)21-13-9-16-6-2-1-3-7-16;/h1-4,6-8,15H,5,9-14H2,(H2,20,21,22);1H. The first-order chi connectivity index (χ1) is 11.4. The van der Waals surface area contributed by atoms with Crippen LogP contribution in [0.4, 0.5) is 4.39 Å². The van der Waals surface area contributed by atoms with Crippen molar-refractivity contribution in [1.29, 1.82) is 0 Å². The van der Waals surface area contributed by atoms with Gasteiger partial charge >= 0.3 is 0 Å². The lowest BCUT2D eigenvalue weighted by molar-refractivity contribution is 0.477. The Balaban J connectivity index is 0.00000288. The summed E-state index contributed by atoms with van der Waals surface area (Å²) in [5, 5.41) is 6.55. The normalized spacial score (nSPS) is 11.0. The zero-order valence-electron chi connectivity index (χ0n) is 13.7. The van der Waals surface area contributed by atoms with Gasteiger partial charge in [-0.25, -0.2) is 0 Å². The van der Waals surface area contributed by atoms with E-state index >= 15 is 0 Å². The number of furan rings is 1. The number of benzene rings is 1. The molecule has 0 aliphatic heterocycles. The van der Waals surface area contributed by atoms with Gasteiger partial charge in [-0.15, -0.1) is 24.0 Å². The third kappa shape index (κ3) is 8.33. The number of hydrogen-bond donors (Lipinski definition) is 2. The second-order valence-electron chi connectivity index (χ2n) is 5.19. The molecular formula is C18H25FIN3O. The molecule has 0 amide bonds. The molecule has 132 valence electrons. The molecule has 24 heavy (non-hydrogen) atoms. The van der Waals surface area contributed by atoms with Crippen LogP contribution in [0.5, 0.6) is 0 Å². The monoisotopic (exact) mass is 445 g/mol. The average molecular weight is 445 g/mol. The van der Waals surface area contributed by atoms with Gasteiger partial charge in [0, 0.05) is 26.1 Å². The third-order valence-corrected chi connectivity index (χ3v) is 3.35. The second kappa shape index (κ2) is 12.8. The number of hydrogen-bond acceptors (Lipinski definition) is 2. The van der Waals surface area contributed by atoms with Gasteiger partial charge in [0.25, 0.3) is 0 Å². The lowest BCUT2D eigenvalue weighted by Crippen LogP contribution is -2.39. The zero-order valence-corrected chi connectivity index (χ0v) is 16.0. The Kier molecular flexibility index (Phi) is 10.9. The summed E-state index contributed by atoms with van der Waals surface area (Å²) in [7, 11) is 0. The van der Waals surface area contributed by atoms with Gasteiger partial charge in [0.15, 0.2) is 5.96 Å². The molecule has 6 heteroatoms. The van der Waals surface area contributed by atoms with Crippen molar-refractivity contribution in [3.05, 3.63) is 60.1 Å². The van der Waals surface area contributed by atoms with Crippen molar-refractivity contribution in [2.24, 2.45) is 4.99 Å². The van der Waals surface area contributed by atoms with Crippen molar-refractivity contribution in [3.63, 3.8) is 0 Å². The van der Waals surface area contributed by atoms with E-state index in [1.807, 2.05) is 30.3 Å². The highest BCUT2D eigenvalue weighted by atomic mass is 127. The molecule has 0 aliphatic rings. The van der Waals surface area contributed by atoms with Crippen LogP contribution in [0.1, 0.15) is 17.7 Å². The number of nitrogens with one attached hydrogen (secondary N) is 2. The van der Waals surface area contributed by atoms with Gasteiger partial charge in [-0.2, -0.15) is 0 Å². The maximum Gasteiger partial charge on any atom is 0.191 e. The van der Waals surface area contributed by atoms with E-state index in [9.17, 15) is 4.39 Å². The van der Waals surface area contributed by atoms with Crippen molar-refractivity contribution < 1.29 is 8.81 Å². The third-order valence-electron chi connectivity index (χ3n) is 3.35. The molecule has 4 nitrogen and oxygen atoms in total. The fourth-order valence-electron chi connectivity index (χ4n) is 2.15. The van der Waals surface area contributed by atoms with Crippen LogP contribution in [0.2, 0.25) is 0 Å². The number of alkyl halides is 1. The molecule has 0 radical (unpaired) electrons. The summed E-state index contributed by atoms with van der Waals surface area (Å²) in [6.45, 7) is 1.65. The van der Waals surface area contributed by atoms with Crippen LogP contribution < -0.4 is 10.6 Å². The maximum absolute atomic E-state index is 12.2. The Bertz CT molecular complexity index is 561. The summed E-state index contributed by atoms with van der Waals surface area (Å²) in [6, 6.07) is 14.1. The lowest BCUT2D eigenvalue weighted by atomic mass is 10.1. The first-order valence-corrected chi connectivity index (χ1v) is 8.03.